The zero-order valence-electron chi connectivity index (χ0n) is 21.8. The summed E-state index contributed by atoms with van der Waals surface area (Å²) in [5.74, 6) is 0.483. The second-order valence-corrected chi connectivity index (χ2v) is 11.3. The number of hydrogen-bond donors (Lipinski definition) is 2. The summed E-state index contributed by atoms with van der Waals surface area (Å²) in [6.07, 6.45) is 0.452. The molecule has 0 aliphatic heterocycles. The largest absolute Gasteiger partial charge is 0.455 e. The third-order valence-electron chi connectivity index (χ3n) is 7.01. The highest BCUT2D eigenvalue weighted by atomic mass is 32.2. The number of fused-ring (bicyclic) bond motifs is 2. The average Bonchev–Trinajstić information content (AvgIpc) is 3.58. The lowest BCUT2D eigenvalue weighted by molar-refractivity contribution is 0.0993. The summed E-state index contributed by atoms with van der Waals surface area (Å²) in [7, 11) is -2.10. The monoisotopic (exact) mass is 549 g/mol. The first kappa shape index (κ1) is 25.6. The van der Waals surface area contributed by atoms with Gasteiger partial charge in [0.05, 0.1) is 10.6 Å². The first-order valence-electron chi connectivity index (χ1n) is 12.9. The van der Waals surface area contributed by atoms with Crippen LogP contribution in [-0.2, 0) is 16.4 Å². The van der Waals surface area contributed by atoms with Crippen LogP contribution in [0.3, 0.4) is 0 Å². The maximum atomic E-state index is 13.1. The number of anilines is 1. The third kappa shape index (κ3) is 4.90. The molecule has 6 rings (SSSR count). The van der Waals surface area contributed by atoms with Gasteiger partial charge < -0.3 is 14.3 Å². The van der Waals surface area contributed by atoms with Crippen molar-refractivity contribution in [2.45, 2.75) is 11.3 Å². The predicted molar refractivity (Wildman–Crippen MR) is 158 cm³/mol. The first-order chi connectivity index (χ1) is 19.4. The molecule has 6 aromatic rings. The van der Waals surface area contributed by atoms with Crippen LogP contribution in [0.15, 0.2) is 119 Å². The van der Waals surface area contributed by atoms with E-state index < -0.39 is 10.0 Å². The smallest absolute Gasteiger partial charge is 0.258 e. The fourth-order valence-corrected chi connectivity index (χ4v) is 5.94. The van der Waals surface area contributed by atoms with Gasteiger partial charge in [0.25, 0.3) is 5.91 Å². The number of aromatic amines is 1. The molecule has 0 radical (unpaired) electrons. The number of sulfonamides is 1. The Morgan fingerprint density at radius 3 is 2.35 bits per heavy atom. The molecule has 0 fully saturated rings. The molecule has 2 heterocycles. The van der Waals surface area contributed by atoms with E-state index in [0.717, 1.165) is 38.8 Å². The Bertz CT molecular complexity index is 1890. The minimum absolute atomic E-state index is 0.0999. The van der Waals surface area contributed by atoms with Crippen molar-refractivity contribution >= 4 is 43.5 Å². The number of hydrogen-bond acceptors (Lipinski definition) is 4. The molecule has 1 amide bonds. The van der Waals surface area contributed by atoms with Gasteiger partial charge >= 0.3 is 0 Å². The topological polar surface area (TPSA) is 95.4 Å². The van der Waals surface area contributed by atoms with Crippen molar-refractivity contribution in [3.63, 3.8) is 0 Å². The van der Waals surface area contributed by atoms with Crippen molar-refractivity contribution in [2.75, 3.05) is 18.5 Å². The Labute approximate surface area is 232 Å². The van der Waals surface area contributed by atoms with E-state index in [0.29, 0.717) is 17.7 Å². The van der Waals surface area contributed by atoms with Gasteiger partial charge in [-0.2, -0.15) is 0 Å². The number of amides is 1. The quantitative estimate of drug-likeness (QED) is 0.230. The first-order valence-corrected chi connectivity index (χ1v) is 14.4. The zero-order valence-corrected chi connectivity index (χ0v) is 22.6. The van der Waals surface area contributed by atoms with Gasteiger partial charge in [0.1, 0.15) is 5.58 Å². The molecule has 0 atom stereocenters. The van der Waals surface area contributed by atoms with Crippen molar-refractivity contribution < 1.29 is 17.6 Å². The van der Waals surface area contributed by atoms with Crippen molar-refractivity contribution in [1.82, 2.24) is 9.71 Å². The molecule has 0 bridgehead atoms. The van der Waals surface area contributed by atoms with Crippen LogP contribution >= 0.6 is 0 Å². The molecule has 7 nitrogen and oxygen atoms in total. The number of furan rings is 1. The predicted octanol–water partition coefficient (Wildman–Crippen LogP) is 6.38. The highest BCUT2D eigenvalue weighted by molar-refractivity contribution is 7.89. The van der Waals surface area contributed by atoms with Crippen LogP contribution in [0.4, 0.5) is 5.69 Å². The van der Waals surface area contributed by atoms with Gasteiger partial charge in [-0.25, -0.2) is 13.1 Å². The summed E-state index contributed by atoms with van der Waals surface area (Å²) < 4.78 is 35.0. The molecule has 0 saturated carbocycles. The molecular formula is C32H27N3O4S. The van der Waals surface area contributed by atoms with E-state index in [4.69, 9.17) is 4.42 Å². The van der Waals surface area contributed by atoms with Crippen LogP contribution in [0.2, 0.25) is 0 Å². The van der Waals surface area contributed by atoms with Gasteiger partial charge in [-0.15, -0.1) is 0 Å². The molecule has 40 heavy (non-hydrogen) atoms. The van der Waals surface area contributed by atoms with E-state index in [2.05, 4.69) is 9.71 Å². The SMILES string of the molecule is CN(C(=O)c1ccc(S(=O)(=O)NCCc2c(-c3cc4ccccc4o3)[nH]c3ccccc23)cc1)c1ccccc1. The van der Waals surface area contributed by atoms with Gasteiger partial charge in [-0.05, 0) is 66.6 Å². The second kappa shape index (κ2) is 10.5. The summed E-state index contributed by atoms with van der Waals surface area (Å²) in [6.45, 7) is 0.189. The van der Waals surface area contributed by atoms with E-state index >= 15 is 0 Å². The van der Waals surface area contributed by atoms with Crippen LogP contribution in [0.5, 0.6) is 0 Å². The number of benzene rings is 4. The fourth-order valence-electron chi connectivity index (χ4n) is 4.91. The van der Waals surface area contributed by atoms with E-state index in [-0.39, 0.29) is 17.3 Å². The van der Waals surface area contributed by atoms with Crippen LogP contribution < -0.4 is 9.62 Å². The number of nitrogens with zero attached hydrogens (tertiary/aromatic N) is 1. The summed E-state index contributed by atoms with van der Waals surface area (Å²) in [5, 5.41) is 2.02. The number of aromatic nitrogens is 1. The third-order valence-corrected chi connectivity index (χ3v) is 8.49. The van der Waals surface area contributed by atoms with Gasteiger partial charge in [0.15, 0.2) is 5.76 Å². The minimum atomic E-state index is -3.79. The molecule has 0 aliphatic rings. The second-order valence-electron chi connectivity index (χ2n) is 9.54. The fraction of sp³-hybridized carbons (Fsp3) is 0.0938. The summed E-state index contributed by atoms with van der Waals surface area (Å²) >= 11 is 0. The van der Waals surface area contributed by atoms with E-state index in [1.807, 2.05) is 84.9 Å². The molecular weight excluding hydrogens is 522 g/mol. The number of H-pyrrole nitrogens is 1. The molecule has 0 unspecified atom stereocenters. The normalized spacial score (nSPS) is 11.7. The van der Waals surface area contributed by atoms with Gasteiger partial charge in [-0.1, -0.05) is 54.6 Å². The number of nitrogens with one attached hydrogen (secondary N) is 2. The van der Waals surface area contributed by atoms with Crippen molar-refractivity contribution in [2.24, 2.45) is 0 Å². The molecule has 2 N–H and O–H groups in total. The van der Waals surface area contributed by atoms with Gasteiger partial charge in [0.2, 0.25) is 10.0 Å². The Hall–Kier alpha value is -4.66. The Kier molecular flexibility index (Phi) is 6.71. The van der Waals surface area contributed by atoms with Gasteiger partial charge in [0, 0.05) is 41.1 Å². The lowest BCUT2D eigenvalue weighted by atomic mass is 10.1. The molecule has 200 valence electrons. The number of rotatable bonds is 8. The van der Waals surface area contributed by atoms with Crippen molar-refractivity contribution in [3.8, 4) is 11.5 Å². The molecule has 8 heteroatoms. The Morgan fingerprint density at radius 2 is 1.57 bits per heavy atom. The average molecular weight is 550 g/mol. The molecule has 0 aliphatic carbocycles. The van der Waals surface area contributed by atoms with Crippen LogP contribution in [0, 0.1) is 0 Å². The Balaban J connectivity index is 1.19. The summed E-state index contributed by atoms with van der Waals surface area (Å²) in [6, 6.07) is 33.0. The number of carbonyl (C=O) groups is 1. The molecule has 0 spiro atoms. The number of carbonyl (C=O) groups excluding carboxylic acids is 1. The van der Waals surface area contributed by atoms with E-state index in [9.17, 15) is 13.2 Å². The van der Waals surface area contributed by atoms with E-state index in [1.165, 1.54) is 29.2 Å². The molecule has 2 aromatic heterocycles. The maximum absolute atomic E-state index is 13.1. The summed E-state index contributed by atoms with van der Waals surface area (Å²) in [5.41, 5.74) is 4.71. The number of para-hydroxylation sites is 3. The Morgan fingerprint density at radius 1 is 0.875 bits per heavy atom. The minimum Gasteiger partial charge on any atom is -0.455 e. The standard InChI is InChI=1S/C32H27N3O4S/c1-35(24-10-3-2-4-11-24)32(36)22-15-17-25(18-16-22)40(37,38)33-20-19-27-26-12-6-7-13-28(26)34-31(27)30-21-23-9-5-8-14-29(23)39-30/h2-18,21,33-34H,19-20H2,1H3. The molecule has 4 aromatic carbocycles. The van der Waals surface area contributed by atoms with Crippen LogP contribution in [0.25, 0.3) is 33.3 Å². The van der Waals surface area contributed by atoms with Crippen LogP contribution in [0.1, 0.15) is 15.9 Å². The lowest BCUT2D eigenvalue weighted by Crippen LogP contribution is -2.27. The summed E-state index contributed by atoms with van der Waals surface area (Å²) in [4.78, 5) is 18.0. The van der Waals surface area contributed by atoms with Gasteiger partial charge in [-0.3, -0.25) is 4.79 Å². The van der Waals surface area contributed by atoms with Crippen molar-refractivity contribution in [3.05, 3.63) is 120 Å². The highest BCUT2D eigenvalue weighted by Gasteiger charge is 2.20. The highest BCUT2D eigenvalue weighted by Crippen LogP contribution is 2.34. The maximum Gasteiger partial charge on any atom is 0.258 e. The van der Waals surface area contributed by atoms with E-state index in [1.54, 1.807) is 7.05 Å². The van der Waals surface area contributed by atoms with Crippen molar-refractivity contribution in [1.29, 1.82) is 0 Å². The van der Waals surface area contributed by atoms with Crippen LogP contribution in [-0.4, -0.2) is 32.9 Å². The zero-order chi connectivity index (χ0) is 27.7. The molecule has 0 saturated heterocycles. The lowest BCUT2D eigenvalue weighted by Gasteiger charge is -2.17.